The van der Waals surface area contributed by atoms with Crippen LogP contribution in [0.5, 0.6) is 0 Å². The number of sulfonamides is 1. The fraction of sp³-hybridized carbons (Fsp3) is 0.333. The van der Waals surface area contributed by atoms with Gasteiger partial charge < -0.3 is 4.74 Å². The molecule has 22 heavy (non-hydrogen) atoms. The molecule has 4 rings (SSSR count). The molecule has 0 radical (unpaired) electrons. The molecule has 2 aliphatic rings. The summed E-state index contributed by atoms with van der Waals surface area (Å²) >= 11 is 0. The Morgan fingerprint density at radius 3 is 2.64 bits per heavy atom. The number of fused-ring (bicyclic) bond motifs is 2. The minimum Gasteiger partial charge on any atom is -0.361 e. The summed E-state index contributed by atoms with van der Waals surface area (Å²) in [7, 11) is -3.17. The van der Waals surface area contributed by atoms with Gasteiger partial charge in [-0.2, -0.15) is 4.31 Å². The van der Waals surface area contributed by atoms with Gasteiger partial charge in [0.2, 0.25) is 10.0 Å². The molecule has 0 atom stereocenters. The van der Waals surface area contributed by atoms with Gasteiger partial charge in [0.05, 0.1) is 18.6 Å². The SMILES string of the molecule is CS(=O)(=O)N1CC2(C1)OCc1nc(-c3ccccc3)ncc12. The predicted octanol–water partition coefficient (Wildman–Crippen LogP) is 1.14. The summed E-state index contributed by atoms with van der Waals surface area (Å²) in [6.07, 6.45) is 2.99. The summed E-state index contributed by atoms with van der Waals surface area (Å²) in [5.74, 6) is 0.666. The van der Waals surface area contributed by atoms with E-state index in [1.807, 2.05) is 30.3 Å². The van der Waals surface area contributed by atoms with Gasteiger partial charge in [-0.1, -0.05) is 30.3 Å². The monoisotopic (exact) mass is 317 g/mol. The van der Waals surface area contributed by atoms with Crippen LogP contribution in [0.25, 0.3) is 11.4 Å². The van der Waals surface area contributed by atoms with Gasteiger partial charge in [0.15, 0.2) is 5.82 Å². The van der Waals surface area contributed by atoms with Crippen molar-refractivity contribution in [2.24, 2.45) is 0 Å². The molecule has 1 fully saturated rings. The Balaban J connectivity index is 1.65. The van der Waals surface area contributed by atoms with E-state index in [0.29, 0.717) is 25.5 Å². The van der Waals surface area contributed by atoms with Crippen molar-refractivity contribution in [3.8, 4) is 11.4 Å². The summed E-state index contributed by atoms with van der Waals surface area (Å²) in [6, 6.07) is 9.76. The quantitative estimate of drug-likeness (QED) is 0.830. The molecule has 7 heteroatoms. The summed E-state index contributed by atoms with van der Waals surface area (Å²) in [5, 5.41) is 0. The number of nitrogens with zero attached hydrogens (tertiary/aromatic N) is 3. The zero-order valence-electron chi connectivity index (χ0n) is 12.1. The van der Waals surface area contributed by atoms with Gasteiger partial charge in [-0.15, -0.1) is 0 Å². The Morgan fingerprint density at radius 2 is 1.95 bits per heavy atom. The van der Waals surface area contributed by atoms with Crippen molar-refractivity contribution in [2.75, 3.05) is 19.3 Å². The Hall–Kier alpha value is -1.83. The standard InChI is InChI=1S/C15H15N3O3S/c1-22(19,20)18-9-15(10-18)12-7-16-14(17-13(12)8-21-15)11-5-3-2-4-6-11/h2-7H,8-10H2,1H3. The Labute approximate surface area is 128 Å². The van der Waals surface area contributed by atoms with Gasteiger partial charge in [-0.05, 0) is 0 Å². The van der Waals surface area contributed by atoms with Crippen molar-refractivity contribution in [1.82, 2.24) is 14.3 Å². The van der Waals surface area contributed by atoms with E-state index in [4.69, 9.17) is 4.74 Å². The molecule has 0 N–H and O–H groups in total. The van der Waals surface area contributed by atoms with Crippen molar-refractivity contribution in [2.45, 2.75) is 12.2 Å². The van der Waals surface area contributed by atoms with E-state index < -0.39 is 15.6 Å². The lowest BCUT2D eigenvalue weighted by atomic mass is 9.90. The zero-order chi connectivity index (χ0) is 15.4. The maximum absolute atomic E-state index is 11.5. The molecule has 1 aromatic carbocycles. The van der Waals surface area contributed by atoms with Crippen LogP contribution in [0, 0.1) is 0 Å². The molecule has 2 aliphatic heterocycles. The van der Waals surface area contributed by atoms with Gasteiger partial charge >= 0.3 is 0 Å². The van der Waals surface area contributed by atoms with E-state index in [-0.39, 0.29) is 0 Å². The second kappa shape index (κ2) is 4.58. The maximum atomic E-state index is 11.5. The van der Waals surface area contributed by atoms with Crippen LogP contribution < -0.4 is 0 Å². The van der Waals surface area contributed by atoms with Crippen LogP contribution in [0.1, 0.15) is 11.3 Å². The lowest BCUT2D eigenvalue weighted by molar-refractivity contribution is -0.112. The fourth-order valence-electron chi connectivity index (χ4n) is 2.94. The molecular weight excluding hydrogens is 302 g/mol. The lowest BCUT2D eigenvalue weighted by Crippen LogP contribution is -2.60. The number of rotatable bonds is 2. The fourth-order valence-corrected chi connectivity index (χ4v) is 3.82. The first-order valence-corrected chi connectivity index (χ1v) is 8.84. The van der Waals surface area contributed by atoms with Crippen LogP contribution in [0.2, 0.25) is 0 Å². The van der Waals surface area contributed by atoms with E-state index in [1.165, 1.54) is 10.6 Å². The molecule has 1 saturated heterocycles. The van der Waals surface area contributed by atoms with Crippen molar-refractivity contribution in [3.05, 3.63) is 47.8 Å². The first-order chi connectivity index (χ1) is 10.5. The summed E-state index contributed by atoms with van der Waals surface area (Å²) in [4.78, 5) is 9.01. The third-order valence-electron chi connectivity index (χ3n) is 4.21. The van der Waals surface area contributed by atoms with Crippen LogP contribution in [-0.2, 0) is 27.0 Å². The number of hydrogen-bond donors (Lipinski definition) is 0. The first kappa shape index (κ1) is 13.8. The highest BCUT2D eigenvalue weighted by Gasteiger charge is 2.53. The van der Waals surface area contributed by atoms with Crippen LogP contribution >= 0.6 is 0 Å². The minimum atomic E-state index is -3.17. The van der Waals surface area contributed by atoms with Crippen LogP contribution in [-0.4, -0.2) is 42.0 Å². The van der Waals surface area contributed by atoms with Crippen LogP contribution in [0.15, 0.2) is 36.5 Å². The topological polar surface area (TPSA) is 72.4 Å². The second-order valence-corrected chi connectivity index (χ2v) is 7.72. The maximum Gasteiger partial charge on any atom is 0.211 e. The smallest absolute Gasteiger partial charge is 0.211 e. The highest BCUT2D eigenvalue weighted by atomic mass is 32.2. The van der Waals surface area contributed by atoms with E-state index in [9.17, 15) is 8.42 Å². The van der Waals surface area contributed by atoms with Crippen LogP contribution in [0.4, 0.5) is 0 Å². The Kier molecular flexibility index (Phi) is 2.87. The molecule has 2 aromatic rings. The molecule has 1 aromatic heterocycles. The molecule has 0 bridgehead atoms. The minimum absolute atomic E-state index is 0.340. The molecule has 3 heterocycles. The summed E-state index contributed by atoms with van der Waals surface area (Å²) in [6.45, 7) is 1.08. The number of ether oxygens (including phenoxy) is 1. The number of aromatic nitrogens is 2. The molecule has 6 nitrogen and oxygen atoms in total. The third kappa shape index (κ3) is 2.05. The van der Waals surface area contributed by atoms with Gasteiger partial charge in [0.1, 0.15) is 5.60 Å². The second-order valence-electron chi connectivity index (χ2n) is 5.73. The van der Waals surface area contributed by atoms with Crippen molar-refractivity contribution in [1.29, 1.82) is 0 Å². The van der Waals surface area contributed by atoms with Gasteiger partial charge in [0, 0.05) is 30.4 Å². The van der Waals surface area contributed by atoms with Crippen LogP contribution in [0.3, 0.4) is 0 Å². The average molecular weight is 317 g/mol. The van der Waals surface area contributed by atoms with Crippen molar-refractivity contribution < 1.29 is 13.2 Å². The highest BCUT2D eigenvalue weighted by Crippen LogP contribution is 2.43. The highest BCUT2D eigenvalue weighted by molar-refractivity contribution is 7.88. The molecule has 0 unspecified atom stereocenters. The van der Waals surface area contributed by atoms with E-state index >= 15 is 0 Å². The predicted molar refractivity (Wildman–Crippen MR) is 80.4 cm³/mol. The van der Waals surface area contributed by atoms with Gasteiger partial charge in [0.25, 0.3) is 0 Å². The van der Waals surface area contributed by atoms with E-state index in [2.05, 4.69) is 9.97 Å². The molecule has 0 aliphatic carbocycles. The third-order valence-corrected chi connectivity index (χ3v) is 5.40. The molecule has 114 valence electrons. The Morgan fingerprint density at radius 1 is 1.23 bits per heavy atom. The lowest BCUT2D eigenvalue weighted by Gasteiger charge is -2.45. The normalized spacial score (nSPS) is 19.9. The van der Waals surface area contributed by atoms with Gasteiger partial charge in [-0.25, -0.2) is 18.4 Å². The van der Waals surface area contributed by atoms with E-state index in [0.717, 1.165) is 16.8 Å². The Bertz CT molecular complexity index is 830. The number of benzene rings is 1. The first-order valence-electron chi connectivity index (χ1n) is 6.99. The molecule has 1 spiro atoms. The van der Waals surface area contributed by atoms with Crippen molar-refractivity contribution >= 4 is 10.0 Å². The summed E-state index contributed by atoms with van der Waals surface area (Å²) < 4.78 is 30.4. The average Bonchev–Trinajstić information content (AvgIpc) is 2.84. The van der Waals surface area contributed by atoms with Crippen molar-refractivity contribution in [3.63, 3.8) is 0 Å². The van der Waals surface area contributed by atoms with Gasteiger partial charge in [-0.3, -0.25) is 0 Å². The van der Waals surface area contributed by atoms with E-state index in [1.54, 1.807) is 6.20 Å². The number of hydrogen-bond acceptors (Lipinski definition) is 5. The molecule has 0 saturated carbocycles. The zero-order valence-corrected chi connectivity index (χ0v) is 12.9. The molecular formula is C15H15N3O3S. The summed E-state index contributed by atoms with van der Waals surface area (Å²) in [5.41, 5.74) is 2.15. The molecule has 0 amide bonds. The largest absolute Gasteiger partial charge is 0.361 e.